The van der Waals surface area contributed by atoms with E-state index in [2.05, 4.69) is 20.9 Å². The predicted molar refractivity (Wildman–Crippen MR) is 62.6 cm³/mol. The van der Waals surface area contributed by atoms with Gasteiger partial charge in [-0.1, -0.05) is 12.1 Å². The second kappa shape index (κ2) is 5.23. The Kier molecular flexibility index (Phi) is 3.68. The minimum Gasteiger partial charge on any atom is -0.484 e. The highest BCUT2D eigenvalue weighted by atomic mass is 79.9. The second-order valence-electron chi connectivity index (χ2n) is 3.29. The summed E-state index contributed by atoms with van der Waals surface area (Å²) >= 11 is 3.11. The van der Waals surface area contributed by atoms with Crippen molar-refractivity contribution in [2.45, 2.75) is 6.61 Å². The van der Waals surface area contributed by atoms with E-state index in [4.69, 9.17) is 4.74 Å². The number of hydrogen-bond acceptors (Lipinski definition) is 2. The summed E-state index contributed by atoms with van der Waals surface area (Å²) in [6.45, 7) is 0.0704. The van der Waals surface area contributed by atoms with Gasteiger partial charge >= 0.3 is 0 Å². The molecule has 0 bridgehead atoms. The molecule has 1 heterocycles. The Hall–Kier alpha value is -1.49. The minimum absolute atomic E-state index is 0.0451. The average molecular weight is 300 g/mol. The molecular formula is C12H8BrF2NO. The van der Waals surface area contributed by atoms with Gasteiger partial charge in [-0.05, 0) is 34.1 Å². The van der Waals surface area contributed by atoms with Crippen LogP contribution in [0.2, 0.25) is 0 Å². The molecule has 0 fully saturated rings. The van der Waals surface area contributed by atoms with Crippen molar-refractivity contribution in [3.63, 3.8) is 0 Å². The standard InChI is InChI=1S/C12H8BrF2NO/c13-11-8(3-1-4-9(11)14)7-17-10-5-2-6-16-12(10)15/h1-6H,7H2. The molecule has 0 radical (unpaired) electrons. The van der Waals surface area contributed by atoms with Gasteiger partial charge in [0.05, 0.1) is 4.47 Å². The first-order valence-corrected chi connectivity index (χ1v) is 5.64. The zero-order chi connectivity index (χ0) is 12.3. The Bertz CT molecular complexity index is 534. The van der Waals surface area contributed by atoms with Crippen LogP contribution in [0.5, 0.6) is 5.75 Å². The van der Waals surface area contributed by atoms with Crippen molar-refractivity contribution in [3.8, 4) is 5.75 Å². The molecule has 0 atom stereocenters. The van der Waals surface area contributed by atoms with Gasteiger partial charge in [0, 0.05) is 11.8 Å². The molecule has 0 saturated heterocycles. The van der Waals surface area contributed by atoms with E-state index in [1.54, 1.807) is 18.2 Å². The SMILES string of the molecule is Fc1cccc(COc2cccnc2F)c1Br. The molecule has 1 aromatic heterocycles. The van der Waals surface area contributed by atoms with Crippen LogP contribution in [-0.2, 0) is 6.61 Å². The van der Waals surface area contributed by atoms with Gasteiger partial charge in [-0.25, -0.2) is 9.37 Å². The molecule has 0 aliphatic heterocycles. The molecule has 0 N–H and O–H groups in total. The minimum atomic E-state index is -0.681. The Balaban J connectivity index is 2.13. The second-order valence-corrected chi connectivity index (χ2v) is 4.09. The Labute approximate surface area is 105 Å². The fourth-order valence-corrected chi connectivity index (χ4v) is 1.67. The van der Waals surface area contributed by atoms with Crippen molar-refractivity contribution in [1.29, 1.82) is 0 Å². The summed E-state index contributed by atoms with van der Waals surface area (Å²) in [7, 11) is 0. The van der Waals surface area contributed by atoms with E-state index in [0.29, 0.717) is 10.0 Å². The van der Waals surface area contributed by atoms with Gasteiger partial charge in [-0.2, -0.15) is 4.39 Å². The van der Waals surface area contributed by atoms with Crippen LogP contribution in [0.25, 0.3) is 0 Å². The monoisotopic (exact) mass is 299 g/mol. The number of ether oxygens (including phenoxy) is 1. The van der Waals surface area contributed by atoms with Crippen LogP contribution in [0.4, 0.5) is 8.78 Å². The van der Waals surface area contributed by atoms with Crippen LogP contribution >= 0.6 is 15.9 Å². The third kappa shape index (κ3) is 2.79. The lowest BCUT2D eigenvalue weighted by molar-refractivity contribution is 0.284. The number of nitrogens with zero attached hydrogens (tertiary/aromatic N) is 1. The van der Waals surface area contributed by atoms with E-state index < -0.39 is 5.95 Å². The van der Waals surface area contributed by atoms with Crippen LogP contribution < -0.4 is 4.74 Å². The number of hydrogen-bond donors (Lipinski definition) is 0. The van der Waals surface area contributed by atoms with Gasteiger partial charge in [0.2, 0.25) is 0 Å². The van der Waals surface area contributed by atoms with Gasteiger partial charge in [-0.15, -0.1) is 0 Å². The number of aromatic nitrogens is 1. The summed E-state index contributed by atoms with van der Waals surface area (Å²) in [6.07, 6.45) is 1.33. The van der Waals surface area contributed by atoms with E-state index >= 15 is 0 Å². The Morgan fingerprint density at radius 1 is 1.18 bits per heavy atom. The fraction of sp³-hybridized carbons (Fsp3) is 0.0833. The van der Waals surface area contributed by atoms with Gasteiger partial charge < -0.3 is 4.74 Å². The molecule has 88 valence electrons. The van der Waals surface area contributed by atoms with Gasteiger partial charge in [0.1, 0.15) is 12.4 Å². The summed E-state index contributed by atoms with van der Waals surface area (Å²) in [5, 5.41) is 0. The number of benzene rings is 1. The van der Waals surface area contributed by atoms with E-state index in [-0.39, 0.29) is 18.2 Å². The lowest BCUT2D eigenvalue weighted by atomic mass is 10.2. The summed E-state index contributed by atoms with van der Waals surface area (Å²) in [6, 6.07) is 7.63. The van der Waals surface area contributed by atoms with Crippen molar-refractivity contribution in [3.05, 3.63) is 58.3 Å². The zero-order valence-corrected chi connectivity index (χ0v) is 10.2. The summed E-state index contributed by atoms with van der Waals surface area (Å²) in [5.74, 6) is -1.01. The summed E-state index contributed by atoms with van der Waals surface area (Å²) in [5.41, 5.74) is 0.605. The first-order chi connectivity index (χ1) is 8.18. The topological polar surface area (TPSA) is 22.1 Å². The number of halogens is 3. The summed E-state index contributed by atoms with van der Waals surface area (Å²) < 4.78 is 31.9. The van der Waals surface area contributed by atoms with Crippen LogP contribution in [-0.4, -0.2) is 4.98 Å². The van der Waals surface area contributed by atoms with Crippen molar-refractivity contribution in [1.82, 2.24) is 4.98 Å². The normalized spacial score (nSPS) is 10.3. The lowest BCUT2D eigenvalue weighted by Crippen LogP contribution is -2.00. The highest BCUT2D eigenvalue weighted by molar-refractivity contribution is 9.10. The quantitative estimate of drug-likeness (QED) is 0.806. The van der Waals surface area contributed by atoms with Crippen LogP contribution in [0.1, 0.15) is 5.56 Å². The largest absolute Gasteiger partial charge is 0.484 e. The molecule has 2 aromatic rings. The maximum atomic E-state index is 13.2. The highest BCUT2D eigenvalue weighted by Crippen LogP contribution is 2.22. The molecule has 17 heavy (non-hydrogen) atoms. The van der Waals surface area contributed by atoms with E-state index in [9.17, 15) is 8.78 Å². The Morgan fingerprint density at radius 3 is 2.76 bits per heavy atom. The van der Waals surface area contributed by atoms with Crippen molar-refractivity contribution < 1.29 is 13.5 Å². The van der Waals surface area contributed by atoms with Gasteiger partial charge in [0.15, 0.2) is 5.75 Å². The van der Waals surface area contributed by atoms with Gasteiger partial charge in [-0.3, -0.25) is 0 Å². The first kappa shape index (κ1) is 12.0. The summed E-state index contributed by atoms with van der Waals surface area (Å²) in [4.78, 5) is 3.45. The molecule has 2 nitrogen and oxygen atoms in total. The molecule has 1 aromatic carbocycles. The molecule has 5 heteroatoms. The third-order valence-electron chi connectivity index (χ3n) is 2.14. The van der Waals surface area contributed by atoms with E-state index in [1.807, 2.05) is 0 Å². The molecule has 2 rings (SSSR count). The van der Waals surface area contributed by atoms with E-state index in [0.717, 1.165) is 0 Å². The van der Waals surface area contributed by atoms with Crippen LogP contribution in [0.15, 0.2) is 41.0 Å². The predicted octanol–water partition coefficient (Wildman–Crippen LogP) is 3.70. The highest BCUT2D eigenvalue weighted by Gasteiger charge is 2.08. The number of pyridine rings is 1. The third-order valence-corrected chi connectivity index (χ3v) is 3.03. The first-order valence-electron chi connectivity index (χ1n) is 4.84. The fourth-order valence-electron chi connectivity index (χ4n) is 1.29. The van der Waals surface area contributed by atoms with E-state index in [1.165, 1.54) is 18.3 Å². The Morgan fingerprint density at radius 2 is 2.00 bits per heavy atom. The van der Waals surface area contributed by atoms with Crippen LogP contribution in [0, 0.1) is 11.8 Å². The molecule has 0 spiro atoms. The van der Waals surface area contributed by atoms with Crippen LogP contribution in [0.3, 0.4) is 0 Å². The zero-order valence-electron chi connectivity index (χ0n) is 8.66. The molecule has 0 aliphatic rings. The van der Waals surface area contributed by atoms with Crippen molar-refractivity contribution in [2.75, 3.05) is 0 Å². The van der Waals surface area contributed by atoms with Gasteiger partial charge in [0.25, 0.3) is 5.95 Å². The average Bonchev–Trinajstić information content (AvgIpc) is 2.33. The molecule has 0 unspecified atom stereocenters. The maximum absolute atomic E-state index is 13.2. The smallest absolute Gasteiger partial charge is 0.255 e. The molecule has 0 saturated carbocycles. The molecule has 0 aliphatic carbocycles. The molecular weight excluding hydrogens is 292 g/mol. The number of rotatable bonds is 3. The molecule has 0 amide bonds. The maximum Gasteiger partial charge on any atom is 0.255 e. The van der Waals surface area contributed by atoms with Crippen molar-refractivity contribution >= 4 is 15.9 Å². The van der Waals surface area contributed by atoms with Crippen molar-refractivity contribution in [2.24, 2.45) is 0 Å². The lowest BCUT2D eigenvalue weighted by Gasteiger charge is -2.08.